The van der Waals surface area contributed by atoms with Crippen molar-refractivity contribution in [1.82, 2.24) is 5.43 Å². The lowest BCUT2D eigenvalue weighted by molar-refractivity contribution is -0.119. The SMILES string of the molecule is NNC(=O)CN(c1ccc2ccccc2c1)S(=O)(=O)c1ccc(Br)cc1. The largest absolute Gasteiger partial charge is 0.293 e. The summed E-state index contributed by atoms with van der Waals surface area (Å²) in [6.07, 6.45) is 0. The van der Waals surface area contributed by atoms with Crippen molar-refractivity contribution in [2.75, 3.05) is 10.8 Å². The predicted octanol–water partition coefficient (Wildman–Crippen LogP) is 2.79. The summed E-state index contributed by atoms with van der Waals surface area (Å²) in [4.78, 5) is 11.9. The van der Waals surface area contributed by atoms with Crippen LogP contribution in [0.1, 0.15) is 0 Å². The van der Waals surface area contributed by atoms with E-state index < -0.39 is 22.5 Å². The third-order valence-corrected chi connectivity index (χ3v) is 6.19. The Morgan fingerprint density at radius 1 is 1.00 bits per heavy atom. The van der Waals surface area contributed by atoms with E-state index >= 15 is 0 Å². The average Bonchev–Trinajstić information content (AvgIpc) is 2.65. The molecule has 0 heterocycles. The van der Waals surface area contributed by atoms with E-state index in [1.165, 1.54) is 12.1 Å². The first kappa shape index (κ1) is 18.4. The van der Waals surface area contributed by atoms with Gasteiger partial charge in [0.1, 0.15) is 6.54 Å². The van der Waals surface area contributed by atoms with Crippen molar-refractivity contribution in [3.63, 3.8) is 0 Å². The number of nitrogens with zero attached hydrogens (tertiary/aromatic N) is 1. The molecule has 0 fully saturated rings. The van der Waals surface area contributed by atoms with Crippen LogP contribution in [-0.4, -0.2) is 20.9 Å². The Balaban J connectivity index is 2.11. The van der Waals surface area contributed by atoms with Gasteiger partial charge in [-0.1, -0.05) is 46.3 Å². The second-order valence-electron chi connectivity index (χ2n) is 5.56. The zero-order valence-corrected chi connectivity index (χ0v) is 16.0. The molecule has 0 atom stereocenters. The summed E-state index contributed by atoms with van der Waals surface area (Å²) in [7, 11) is -3.95. The van der Waals surface area contributed by atoms with Crippen LogP contribution in [-0.2, 0) is 14.8 Å². The van der Waals surface area contributed by atoms with E-state index in [2.05, 4.69) is 15.9 Å². The van der Waals surface area contributed by atoms with Gasteiger partial charge in [0, 0.05) is 4.47 Å². The average molecular weight is 434 g/mol. The van der Waals surface area contributed by atoms with Gasteiger partial charge in [-0.2, -0.15) is 0 Å². The topological polar surface area (TPSA) is 92.5 Å². The molecule has 0 saturated carbocycles. The van der Waals surface area contributed by atoms with Crippen molar-refractivity contribution in [1.29, 1.82) is 0 Å². The Hall–Kier alpha value is -2.42. The molecule has 0 aliphatic heterocycles. The van der Waals surface area contributed by atoms with E-state index in [9.17, 15) is 13.2 Å². The second kappa shape index (κ2) is 7.45. The first-order valence-electron chi connectivity index (χ1n) is 7.68. The molecule has 3 aromatic carbocycles. The van der Waals surface area contributed by atoms with Crippen molar-refractivity contribution in [2.24, 2.45) is 5.84 Å². The van der Waals surface area contributed by atoms with Gasteiger partial charge in [-0.15, -0.1) is 0 Å². The van der Waals surface area contributed by atoms with Crippen LogP contribution in [0.5, 0.6) is 0 Å². The Labute approximate surface area is 159 Å². The molecule has 0 saturated heterocycles. The summed E-state index contributed by atoms with van der Waals surface area (Å²) in [5.74, 6) is 4.55. The number of nitrogens with one attached hydrogen (secondary N) is 1. The van der Waals surface area contributed by atoms with Crippen molar-refractivity contribution >= 4 is 48.3 Å². The fraction of sp³-hybridized carbons (Fsp3) is 0.0556. The summed E-state index contributed by atoms with van der Waals surface area (Å²) in [6, 6.07) is 19.0. The van der Waals surface area contributed by atoms with Crippen molar-refractivity contribution < 1.29 is 13.2 Å². The van der Waals surface area contributed by atoms with E-state index in [1.807, 2.05) is 35.8 Å². The summed E-state index contributed by atoms with van der Waals surface area (Å²) in [5.41, 5.74) is 2.37. The number of carbonyl (C=O) groups excluding carboxylic acids is 1. The normalized spacial score (nSPS) is 11.3. The quantitative estimate of drug-likeness (QED) is 0.367. The first-order chi connectivity index (χ1) is 12.4. The van der Waals surface area contributed by atoms with Gasteiger partial charge in [0.25, 0.3) is 15.9 Å². The van der Waals surface area contributed by atoms with Crippen LogP contribution in [0.25, 0.3) is 10.8 Å². The molecule has 3 N–H and O–H groups in total. The smallest absolute Gasteiger partial charge is 0.264 e. The monoisotopic (exact) mass is 433 g/mol. The minimum Gasteiger partial charge on any atom is -0.293 e. The van der Waals surface area contributed by atoms with Crippen LogP contribution in [0.2, 0.25) is 0 Å². The first-order valence-corrected chi connectivity index (χ1v) is 9.92. The zero-order valence-electron chi connectivity index (χ0n) is 13.6. The summed E-state index contributed by atoms with van der Waals surface area (Å²) < 4.78 is 28.0. The van der Waals surface area contributed by atoms with Crippen molar-refractivity contribution in [3.05, 3.63) is 71.2 Å². The zero-order chi connectivity index (χ0) is 18.7. The molecule has 8 heteroatoms. The molecule has 0 radical (unpaired) electrons. The number of sulfonamides is 1. The molecule has 0 spiro atoms. The minimum atomic E-state index is -3.95. The number of amides is 1. The molecule has 3 aromatic rings. The van der Waals surface area contributed by atoms with Crippen molar-refractivity contribution in [3.8, 4) is 0 Å². The van der Waals surface area contributed by atoms with Gasteiger partial charge in [-0.05, 0) is 47.2 Å². The minimum absolute atomic E-state index is 0.0821. The van der Waals surface area contributed by atoms with Gasteiger partial charge in [-0.25, -0.2) is 14.3 Å². The molecule has 0 aromatic heterocycles. The van der Waals surface area contributed by atoms with Gasteiger partial charge in [0.2, 0.25) is 0 Å². The number of rotatable bonds is 5. The standard InChI is InChI=1S/C18H16BrN3O3S/c19-15-6-9-17(10-7-15)26(24,25)22(12-18(23)21-20)16-8-5-13-3-1-2-4-14(13)11-16/h1-11H,12,20H2,(H,21,23). The molecule has 6 nitrogen and oxygen atoms in total. The second-order valence-corrected chi connectivity index (χ2v) is 8.34. The highest BCUT2D eigenvalue weighted by atomic mass is 79.9. The van der Waals surface area contributed by atoms with Gasteiger partial charge < -0.3 is 0 Å². The van der Waals surface area contributed by atoms with Crippen LogP contribution >= 0.6 is 15.9 Å². The van der Waals surface area contributed by atoms with Crippen molar-refractivity contribution in [2.45, 2.75) is 4.90 Å². The molecular weight excluding hydrogens is 418 g/mol. The van der Waals surface area contributed by atoms with Crippen LogP contribution < -0.4 is 15.6 Å². The van der Waals surface area contributed by atoms with Gasteiger partial charge in [-0.3, -0.25) is 14.5 Å². The third kappa shape index (κ3) is 3.72. The fourth-order valence-corrected chi connectivity index (χ4v) is 4.23. The Kier molecular flexibility index (Phi) is 5.26. The molecule has 1 amide bonds. The number of hydrazine groups is 1. The lowest BCUT2D eigenvalue weighted by Crippen LogP contribution is -2.43. The summed E-state index contributed by atoms with van der Waals surface area (Å²) in [6.45, 7) is -0.423. The van der Waals surface area contributed by atoms with Crippen LogP contribution in [0.4, 0.5) is 5.69 Å². The summed E-state index contributed by atoms with van der Waals surface area (Å²) in [5, 5.41) is 1.84. The molecule has 0 bridgehead atoms. The number of hydrogen-bond acceptors (Lipinski definition) is 4. The molecule has 26 heavy (non-hydrogen) atoms. The fourth-order valence-electron chi connectivity index (χ4n) is 2.56. The van der Waals surface area contributed by atoms with E-state index in [1.54, 1.807) is 24.3 Å². The molecule has 0 aliphatic rings. The number of hydrogen-bond donors (Lipinski definition) is 2. The van der Waals surface area contributed by atoms with E-state index in [-0.39, 0.29) is 4.90 Å². The maximum absolute atomic E-state index is 13.1. The van der Waals surface area contributed by atoms with E-state index in [0.717, 1.165) is 19.6 Å². The number of nitrogens with two attached hydrogens (primary N) is 1. The molecular formula is C18H16BrN3O3S. The van der Waals surface area contributed by atoms with Gasteiger partial charge in [0.05, 0.1) is 10.6 Å². The summed E-state index contributed by atoms with van der Waals surface area (Å²) >= 11 is 3.28. The molecule has 134 valence electrons. The van der Waals surface area contributed by atoms with Gasteiger partial charge >= 0.3 is 0 Å². The molecule has 0 unspecified atom stereocenters. The number of halogens is 1. The maximum atomic E-state index is 13.1. The lowest BCUT2D eigenvalue weighted by Gasteiger charge is -2.24. The third-order valence-electron chi connectivity index (χ3n) is 3.87. The maximum Gasteiger partial charge on any atom is 0.264 e. The highest BCUT2D eigenvalue weighted by Crippen LogP contribution is 2.27. The number of benzene rings is 3. The van der Waals surface area contributed by atoms with E-state index in [4.69, 9.17) is 5.84 Å². The Morgan fingerprint density at radius 2 is 1.65 bits per heavy atom. The molecule has 0 aliphatic carbocycles. The Morgan fingerprint density at radius 3 is 2.31 bits per heavy atom. The van der Waals surface area contributed by atoms with E-state index in [0.29, 0.717) is 5.69 Å². The van der Waals surface area contributed by atoms with Crippen LogP contribution in [0, 0.1) is 0 Å². The number of carbonyl (C=O) groups is 1. The van der Waals surface area contributed by atoms with Crippen LogP contribution in [0.3, 0.4) is 0 Å². The highest BCUT2D eigenvalue weighted by Gasteiger charge is 2.27. The van der Waals surface area contributed by atoms with Gasteiger partial charge in [0.15, 0.2) is 0 Å². The lowest BCUT2D eigenvalue weighted by atomic mass is 10.1. The predicted molar refractivity (Wildman–Crippen MR) is 105 cm³/mol. The number of fused-ring (bicyclic) bond motifs is 1. The van der Waals surface area contributed by atoms with Crippen LogP contribution in [0.15, 0.2) is 76.1 Å². The number of anilines is 1. The highest BCUT2D eigenvalue weighted by molar-refractivity contribution is 9.10. The molecule has 3 rings (SSSR count). The Bertz CT molecular complexity index is 1050.